The van der Waals surface area contributed by atoms with Gasteiger partial charge in [-0.3, -0.25) is 9.78 Å². The molecule has 1 atom stereocenters. The van der Waals surface area contributed by atoms with Gasteiger partial charge in [0.2, 0.25) is 5.91 Å². The number of hydrogen-bond donors (Lipinski definition) is 3. The molecule has 0 unspecified atom stereocenters. The number of nitrogens with one attached hydrogen (secondary N) is 3. The van der Waals surface area contributed by atoms with E-state index in [4.69, 9.17) is 0 Å². The van der Waals surface area contributed by atoms with Gasteiger partial charge in [0.25, 0.3) is 0 Å². The molecule has 0 radical (unpaired) electrons. The molecule has 1 aromatic rings. The second kappa shape index (κ2) is 5.87. The van der Waals surface area contributed by atoms with Gasteiger partial charge in [0, 0.05) is 30.9 Å². The first-order valence-corrected chi connectivity index (χ1v) is 8.85. The summed E-state index contributed by atoms with van der Waals surface area (Å²) in [5, 5.41) is 9.98. The van der Waals surface area contributed by atoms with Crippen LogP contribution in [0.3, 0.4) is 0 Å². The van der Waals surface area contributed by atoms with Gasteiger partial charge in [-0.05, 0) is 74.3 Å². The van der Waals surface area contributed by atoms with E-state index in [0.717, 1.165) is 57.6 Å². The molecule has 124 valence electrons. The number of nitrogens with zero attached hydrogens (tertiary/aromatic N) is 1. The van der Waals surface area contributed by atoms with E-state index in [0.29, 0.717) is 12.0 Å². The Hall–Kier alpha value is -1.46. The topological polar surface area (TPSA) is 66.0 Å². The molecule has 5 heteroatoms. The molecule has 1 aliphatic carbocycles. The molecule has 3 N–H and O–H groups in total. The molecule has 23 heavy (non-hydrogen) atoms. The lowest BCUT2D eigenvalue weighted by atomic mass is 9.91. The van der Waals surface area contributed by atoms with E-state index in [-0.39, 0.29) is 11.8 Å². The quantitative estimate of drug-likeness (QED) is 0.780. The summed E-state index contributed by atoms with van der Waals surface area (Å²) in [6.45, 7) is 6.71. The lowest BCUT2D eigenvalue weighted by Gasteiger charge is -2.24. The van der Waals surface area contributed by atoms with Crippen LogP contribution in [0.15, 0.2) is 6.20 Å². The van der Waals surface area contributed by atoms with Crippen molar-refractivity contribution < 1.29 is 4.79 Å². The maximum absolute atomic E-state index is 12.6. The Morgan fingerprint density at radius 1 is 1.35 bits per heavy atom. The molecule has 0 aromatic carbocycles. The van der Waals surface area contributed by atoms with Gasteiger partial charge in [-0.25, -0.2) is 0 Å². The van der Waals surface area contributed by atoms with Crippen LogP contribution in [0.2, 0.25) is 0 Å². The van der Waals surface area contributed by atoms with Gasteiger partial charge in [0.05, 0.1) is 0 Å². The molecular formula is C18H26N4O. The van der Waals surface area contributed by atoms with Crippen LogP contribution in [0.1, 0.15) is 41.6 Å². The Labute approximate surface area is 137 Å². The van der Waals surface area contributed by atoms with E-state index in [1.165, 1.54) is 16.7 Å². The smallest absolute Gasteiger partial charge is 0.223 e. The number of aromatic nitrogens is 1. The Bertz CT molecular complexity index is 622. The summed E-state index contributed by atoms with van der Waals surface area (Å²) in [4.78, 5) is 17.1. The summed E-state index contributed by atoms with van der Waals surface area (Å²) in [7, 11) is 0. The number of carbonyl (C=O) groups excluding carboxylic acids is 1. The number of piperidine rings is 1. The molecule has 1 saturated carbocycles. The van der Waals surface area contributed by atoms with Crippen molar-refractivity contribution >= 4 is 5.91 Å². The first-order chi connectivity index (χ1) is 11.2. The van der Waals surface area contributed by atoms with E-state index in [2.05, 4.69) is 27.9 Å². The van der Waals surface area contributed by atoms with Gasteiger partial charge in [-0.15, -0.1) is 0 Å². The molecule has 3 aliphatic rings. The highest BCUT2D eigenvalue weighted by Gasteiger charge is 2.57. The Kier molecular flexibility index (Phi) is 3.85. The van der Waals surface area contributed by atoms with Gasteiger partial charge >= 0.3 is 0 Å². The molecule has 1 aromatic heterocycles. The molecule has 1 saturated heterocycles. The van der Waals surface area contributed by atoms with E-state index >= 15 is 0 Å². The molecular weight excluding hydrogens is 288 g/mol. The third-order valence-corrected chi connectivity index (χ3v) is 6.01. The maximum atomic E-state index is 12.6. The highest BCUT2D eigenvalue weighted by Crippen LogP contribution is 2.58. The van der Waals surface area contributed by atoms with Crippen LogP contribution in [0.5, 0.6) is 0 Å². The van der Waals surface area contributed by atoms with E-state index < -0.39 is 0 Å². The summed E-state index contributed by atoms with van der Waals surface area (Å²) >= 11 is 0. The average molecular weight is 314 g/mol. The van der Waals surface area contributed by atoms with Crippen LogP contribution in [-0.2, 0) is 24.3 Å². The first-order valence-electron chi connectivity index (χ1n) is 8.85. The van der Waals surface area contributed by atoms with Crippen molar-refractivity contribution in [2.75, 3.05) is 19.6 Å². The molecule has 0 bridgehead atoms. The Morgan fingerprint density at radius 3 is 3.00 bits per heavy atom. The monoisotopic (exact) mass is 314 g/mol. The molecule has 1 spiro atoms. The minimum atomic E-state index is 0.235. The Morgan fingerprint density at radius 2 is 2.17 bits per heavy atom. The largest absolute Gasteiger partial charge is 0.352 e. The van der Waals surface area contributed by atoms with Crippen molar-refractivity contribution in [2.45, 2.75) is 45.7 Å². The number of pyridine rings is 1. The SMILES string of the molecule is Cc1ncc2c(c1CNC(=O)[C@H]1CC13CCNCC3)CCNC2. The van der Waals surface area contributed by atoms with Gasteiger partial charge in [-0.2, -0.15) is 0 Å². The Balaban J connectivity index is 1.43. The minimum Gasteiger partial charge on any atom is -0.352 e. The number of fused-ring (bicyclic) bond motifs is 1. The fourth-order valence-electron chi connectivity index (χ4n) is 4.37. The third kappa shape index (κ3) is 2.76. The zero-order valence-electron chi connectivity index (χ0n) is 13.9. The van der Waals surface area contributed by atoms with Gasteiger partial charge < -0.3 is 16.0 Å². The van der Waals surface area contributed by atoms with Crippen LogP contribution in [-0.4, -0.2) is 30.5 Å². The minimum absolute atomic E-state index is 0.235. The fourth-order valence-corrected chi connectivity index (χ4v) is 4.37. The van der Waals surface area contributed by atoms with Crippen molar-refractivity contribution in [3.05, 3.63) is 28.6 Å². The molecule has 4 rings (SSSR count). The highest BCUT2D eigenvalue weighted by atomic mass is 16.2. The summed E-state index contributed by atoms with van der Waals surface area (Å²) < 4.78 is 0. The van der Waals surface area contributed by atoms with Gasteiger partial charge in [-0.1, -0.05) is 0 Å². The lowest BCUT2D eigenvalue weighted by molar-refractivity contribution is -0.123. The summed E-state index contributed by atoms with van der Waals surface area (Å²) in [5.41, 5.74) is 5.27. The summed E-state index contributed by atoms with van der Waals surface area (Å²) in [6.07, 6.45) is 6.39. The molecule has 2 fully saturated rings. The molecule has 3 heterocycles. The standard InChI is InChI=1S/C18H26N4O/c1-12-15(14-2-5-20-9-13(14)10-21-12)11-22-17(23)16-8-18(16)3-6-19-7-4-18/h10,16,19-20H,2-9,11H2,1H3,(H,22,23)/t16-/m1/s1. The van der Waals surface area contributed by atoms with Crippen molar-refractivity contribution in [2.24, 2.45) is 11.3 Å². The number of carbonyl (C=O) groups is 1. The lowest BCUT2D eigenvalue weighted by Crippen LogP contribution is -2.34. The van der Waals surface area contributed by atoms with Crippen molar-refractivity contribution in [1.29, 1.82) is 0 Å². The highest BCUT2D eigenvalue weighted by molar-refractivity contribution is 5.82. The summed E-state index contributed by atoms with van der Waals surface area (Å²) in [6, 6.07) is 0. The van der Waals surface area contributed by atoms with Gasteiger partial charge in [0.1, 0.15) is 0 Å². The first kappa shape index (κ1) is 15.1. The number of aryl methyl sites for hydroxylation is 1. The van der Waals surface area contributed by atoms with E-state index in [1.54, 1.807) is 0 Å². The second-order valence-corrected chi connectivity index (χ2v) is 7.34. The van der Waals surface area contributed by atoms with Gasteiger partial charge in [0.15, 0.2) is 0 Å². The normalized spacial score (nSPS) is 25.0. The molecule has 1 amide bonds. The van der Waals surface area contributed by atoms with Crippen molar-refractivity contribution in [3.63, 3.8) is 0 Å². The predicted molar refractivity (Wildman–Crippen MR) is 88.9 cm³/mol. The average Bonchev–Trinajstić information content (AvgIpc) is 3.27. The van der Waals surface area contributed by atoms with Crippen LogP contribution in [0.4, 0.5) is 0 Å². The number of rotatable bonds is 3. The van der Waals surface area contributed by atoms with Crippen molar-refractivity contribution in [3.8, 4) is 0 Å². The summed E-state index contributed by atoms with van der Waals surface area (Å²) in [5.74, 6) is 0.483. The molecule has 5 nitrogen and oxygen atoms in total. The number of amides is 1. The van der Waals surface area contributed by atoms with Crippen LogP contribution >= 0.6 is 0 Å². The van der Waals surface area contributed by atoms with Crippen LogP contribution < -0.4 is 16.0 Å². The predicted octanol–water partition coefficient (Wildman–Crippen LogP) is 1.04. The fraction of sp³-hybridized carbons (Fsp3) is 0.667. The zero-order valence-corrected chi connectivity index (χ0v) is 13.9. The molecule has 2 aliphatic heterocycles. The van der Waals surface area contributed by atoms with Crippen LogP contribution in [0, 0.1) is 18.3 Å². The zero-order chi connectivity index (χ0) is 15.9. The second-order valence-electron chi connectivity index (χ2n) is 7.34. The van der Waals surface area contributed by atoms with E-state index in [9.17, 15) is 4.79 Å². The maximum Gasteiger partial charge on any atom is 0.223 e. The van der Waals surface area contributed by atoms with Crippen LogP contribution in [0.25, 0.3) is 0 Å². The third-order valence-electron chi connectivity index (χ3n) is 6.01. The number of hydrogen-bond acceptors (Lipinski definition) is 4. The van der Waals surface area contributed by atoms with E-state index in [1.807, 2.05) is 6.20 Å². The van der Waals surface area contributed by atoms with Crippen molar-refractivity contribution in [1.82, 2.24) is 20.9 Å².